The van der Waals surface area contributed by atoms with Gasteiger partial charge in [-0.15, -0.1) is 0 Å². The van der Waals surface area contributed by atoms with Crippen molar-refractivity contribution in [2.75, 3.05) is 38.0 Å². The van der Waals surface area contributed by atoms with Crippen LogP contribution in [0.5, 0.6) is 5.75 Å². The molecule has 0 aromatic heterocycles. The molecule has 8 heteroatoms. The number of carbonyl (C=O) groups excluding carboxylic acids is 1. The van der Waals surface area contributed by atoms with Gasteiger partial charge in [-0.3, -0.25) is 15.6 Å². The first kappa shape index (κ1) is 21.6. The van der Waals surface area contributed by atoms with Gasteiger partial charge in [0, 0.05) is 43.2 Å². The molecule has 0 saturated heterocycles. The second kappa shape index (κ2) is 9.13. The number of methoxy groups -OCH3 is 1. The molecule has 0 saturated carbocycles. The summed E-state index contributed by atoms with van der Waals surface area (Å²) in [5, 5.41) is 28.4. The number of nitrogens with zero attached hydrogens (tertiary/aromatic N) is 3. The van der Waals surface area contributed by atoms with Crippen molar-refractivity contribution in [1.82, 2.24) is 4.90 Å². The number of amides is 1. The van der Waals surface area contributed by atoms with E-state index in [-0.39, 0.29) is 17.3 Å². The molecule has 0 unspecified atom stereocenters. The zero-order valence-corrected chi connectivity index (χ0v) is 17.7. The summed E-state index contributed by atoms with van der Waals surface area (Å²) in [6, 6.07) is 16.1. The maximum absolute atomic E-state index is 13.3. The van der Waals surface area contributed by atoms with Gasteiger partial charge in [-0.2, -0.15) is 5.26 Å². The minimum absolute atomic E-state index is 0.216. The Balaban J connectivity index is 1.92. The van der Waals surface area contributed by atoms with Crippen molar-refractivity contribution < 1.29 is 9.53 Å². The van der Waals surface area contributed by atoms with Gasteiger partial charge in [0.15, 0.2) is 0 Å². The van der Waals surface area contributed by atoms with Crippen LogP contribution in [0.25, 0.3) is 0 Å². The standard InChI is InChI=1S/C23H24N6O2/c1-28(2)22(26)15-4-8-17(9-5-15)29-13-12-19(20(25)14-24)21(23(29)30)27-16-6-10-18(31-3)11-7-16/h4-11,25-27H,12-13H2,1-3H3. The molecule has 0 atom stereocenters. The molecule has 1 aliphatic heterocycles. The predicted octanol–water partition coefficient (Wildman–Crippen LogP) is 3.23. The Hall–Kier alpha value is -4.12. The van der Waals surface area contributed by atoms with E-state index in [1.807, 2.05) is 6.07 Å². The summed E-state index contributed by atoms with van der Waals surface area (Å²) in [6.45, 7) is 0.358. The number of carbonyl (C=O) groups is 1. The molecule has 0 bridgehead atoms. The molecule has 3 N–H and O–H groups in total. The first-order valence-electron chi connectivity index (χ1n) is 9.67. The quantitative estimate of drug-likeness (QED) is 0.494. The third-order valence-corrected chi connectivity index (χ3v) is 5.02. The zero-order valence-electron chi connectivity index (χ0n) is 17.7. The summed E-state index contributed by atoms with van der Waals surface area (Å²) in [5.41, 5.74) is 2.48. The highest BCUT2D eigenvalue weighted by Crippen LogP contribution is 2.28. The maximum Gasteiger partial charge on any atom is 0.275 e. The van der Waals surface area contributed by atoms with E-state index in [2.05, 4.69) is 5.32 Å². The van der Waals surface area contributed by atoms with E-state index in [0.717, 1.165) is 5.56 Å². The highest BCUT2D eigenvalue weighted by atomic mass is 16.5. The molecule has 158 valence electrons. The number of anilines is 2. The fourth-order valence-corrected chi connectivity index (χ4v) is 3.28. The van der Waals surface area contributed by atoms with Crippen LogP contribution in [-0.2, 0) is 4.79 Å². The molecule has 0 spiro atoms. The van der Waals surface area contributed by atoms with Crippen LogP contribution >= 0.6 is 0 Å². The molecule has 3 rings (SSSR count). The van der Waals surface area contributed by atoms with Crippen LogP contribution in [0.1, 0.15) is 12.0 Å². The normalized spacial score (nSPS) is 13.5. The Morgan fingerprint density at radius 2 is 1.77 bits per heavy atom. The van der Waals surface area contributed by atoms with Gasteiger partial charge in [-0.05, 0) is 55.0 Å². The van der Waals surface area contributed by atoms with E-state index < -0.39 is 0 Å². The number of hydrogen-bond acceptors (Lipinski definition) is 6. The topological polar surface area (TPSA) is 116 Å². The number of hydrogen-bond donors (Lipinski definition) is 3. The molecule has 31 heavy (non-hydrogen) atoms. The summed E-state index contributed by atoms with van der Waals surface area (Å²) in [4.78, 5) is 16.7. The van der Waals surface area contributed by atoms with Crippen molar-refractivity contribution in [1.29, 1.82) is 16.1 Å². The van der Waals surface area contributed by atoms with Gasteiger partial charge >= 0.3 is 0 Å². The van der Waals surface area contributed by atoms with Crippen molar-refractivity contribution in [2.24, 2.45) is 0 Å². The number of ether oxygens (including phenoxy) is 1. The molecule has 0 aliphatic carbocycles. The largest absolute Gasteiger partial charge is 0.497 e. The summed E-state index contributed by atoms with van der Waals surface area (Å²) in [7, 11) is 5.18. The van der Waals surface area contributed by atoms with Crippen molar-refractivity contribution >= 4 is 28.8 Å². The van der Waals surface area contributed by atoms with E-state index in [9.17, 15) is 10.1 Å². The third-order valence-electron chi connectivity index (χ3n) is 5.02. The number of amidine groups is 1. The lowest BCUT2D eigenvalue weighted by molar-refractivity contribution is -0.115. The van der Waals surface area contributed by atoms with Gasteiger partial charge in [0.2, 0.25) is 0 Å². The van der Waals surface area contributed by atoms with E-state index in [4.69, 9.17) is 15.6 Å². The molecule has 1 amide bonds. The van der Waals surface area contributed by atoms with Crippen LogP contribution in [0.3, 0.4) is 0 Å². The minimum atomic E-state index is -0.312. The lowest BCUT2D eigenvalue weighted by atomic mass is 9.99. The predicted molar refractivity (Wildman–Crippen MR) is 121 cm³/mol. The van der Waals surface area contributed by atoms with Gasteiger partial charge in [-0.25, -0.2) is 0 Å². The van der Waals surface area contributed by atoms with Gasteiger partial charge in [0.05, 0.1) is 7.11 Å². The molecule has 2 aromatic carbocycles. The number of nitrogens with one attached hydrogen (secondary N) is 3. The molecular formula is C23H24N6O2. The van der Waals surface area contributed by atoms with Gasteiger partial charge in [0.1, 0.15) is 29.1 Å². The van der Waals surface area contributed by atoms with Crippen LogP contribution < -0.4 is 15.0 Å². The second-order valence-electron chi connectivity index (χ2n) is 7.19. The first-order chi connectivity index (χ1) is 14.8. The van der Waals surface area contributed by atoms with Gasteiger partial charge < -0.3 is 19.9 Å². The molecule has 0 radical (unpaired) electrons. The highest BCUT2D eigenvalue weighted by molar-refractivity contribution is 6.19. The lowest BCUT2D eigenvalue weighted by Crippen LogP contribution is -2.40. The average Bonchev–Trinajstić information content (AvgIpc) is 2.80. The Kier molecular flexibility index (Phi) is 6.36. The number of rotatable bonds is 6. The molecule has 1 heterocycles. The van der Waals surface area contributed by atoms with E-state index in [1.54, 1.807) is 79.5 Å². The van der Waals surface area contributed by atoms with Crippen molar-refractivity contribution in [3.8, 4) is 11.8 Å². The van der Waals surface area contributed by atoms with E-state index >= 15 is 0 Å². The molecule has 2 aromatic rings. The molecule has 0 fully saturated rings. The summed E-state index contributed by atoms with van der Waals surface area (Å²) >= 11 is 0. The van der Waals surface area contributed by atoms with Gasteiger partial charge in [0.25, 0.3) is 5.91 Å². The fourth-order valence-electron chi connectivity index (χ4n) is 3.28. The van der Waals surface area contributed by atoms with Crippen LogP contribution in [0, 0.1) is 22.1 Å². The van der Waals surface area contributed by atoms with Gasteiger partial charge in [-0.1, -0.05) is 0 Å². The molecule has 1 aliphatic rings. The Bertz CT molecular complexity index is 1080. The van der Waals surface area contributed by atoms with Crippen molar-refractivity contribution in [3.05, 3.63) is 65.4 Å². The third kappa shape index (κ3) is 4.56. The second-order valence-corrected chi connectivity index (χ2v) is 7.19. The highest BCUT2D eigenvalue weighted by Gasteiger charge is 2.30. The lowest BCUT2D eigenvalue weighted by Gasteiger charge is -2.30. The SMILES string of the molecule is COc1ccc(NC2=C(C(=N)C#N)CCN(c3ccc(C(=N)N(C)C)cc3)C2=O)cc1. The fraction of sp³-hybridized carbons (Fsp3) is 0.217. The van der Waals surface area contributed by atoms with E-state index in [0.29, 0.717) is 41.5 Å². The smallest absolute Gasteiger partial charge is 0.275 e. The number of nitriles is 1. The Morgan fingerprint density at radius 3 is 2.32 bits per heavy atom. The van der Waals surface area contributed by atoms with Crippen molar-refractivity contribution in [2.45, 2.75) is 6.42 Å². The van der Waals surface area contributed by atoms with Crippen molar-refractivity contribution in [3.63, 3.8) is 0 Å². The zero-order chi connectivity index (χ0) is 22.5. The van der Waals surface area contributed by atoms with Crippen LogP contribution in [0.15, 0.2) is 59.8 Å². The van der Waals surface area contributed by atoms with Crippen LogP contribution in [-0.4, -0.2) is 50.1 Å². The summed E-state index contributed by atoms with van der Waals surface area (Å²) in [5.74, 6) is 0.750. The van der Waals surface area contributed by atoms with E-state index in [1.165, 1.54) is 0 Å². The molecular weight excluding hydrogens is 392 g/mol. The molecule has 8 nitrogen and oxygen atoms in total. The Labute approximate surface area is 181 Å². The Morgan fingerprint density at radius 1 is 1.13 bits per heavy atom. The number of benzene rings is 2. The van der Waals surface area contributed by atoms with Crippen LogP contribution in [0.4, 0.5) is 11.4 Å². The summed E-state index contributed by atoms with van der Waals surface area (Å²) < 4.78 is 5.16. The summed E-state index contributed by atoms with van der Waals surface area (Å²) in [6.07, 6.45) is 0.381. The average molecular weight is 416 g/mol. The first-order valence-corrected chi connectivity index (χ1v) is 9.67. The maximum atomic E-state index is 13.3. The van der Waals surface area contributed by atoms with Crippen LogP contribution in [0.2, 0.25) is 0 Å². The minimum Gasteiger partial charge on any atom is -0.497 e. The monoisotopic (exact) mass is 416 g/mol.